The molecule has 0 saturated carbocycles. The van der Waals surface area contributed by atoms with Gasteiger partial charge in [-0.25, -0.2) is 0 Å². The van der Waals surface area contributed by atoms with Gasteiger partial charge in [-0.2, -0.15) is 0 Å². The van der Waals surface area contributed by atoms with Crippen LogP contribution in [-0.4, -0.2) is 43.0 Å². The van der Waals surface area contributed by atoms with Crippen molar-refractivity contribution in [1.82, 2.24) is 9.80 Å². The van der Waals surface area contributed by atoms with Gasteiger partial charge in [0.2, 0.25) is 0 Å². The summed E-state index contributed by atoms with van der Waals surface area (Å²) < 4.78 is 0. The van der Waals surface area contributed by atoms with Crippen molar-refractivity contribution in [2.24, 2.45) is 0 Å². The lowest BCUT2D eigenvalue weighted by Crippen LogP contribution is -2.46. The summed E-state index contributed by atoms with van der Waals surface area (Å²) in [6.45, 7) is 12.5. The first kappa shape index (κ1) is 11.5. The highest BCUT2D eigenvalue weighted by Crippen LogP contribution is 2.14. The maximum atomic E-state index is 4.01. The third-order valence-corrected chi connectivity index (χ3v) is 2.42. The van der Waals surface area contributed by atoms with Crippen LogP contribution < -0.4 is 0 Å². The van der Waals surface area contributed by atoms with Crippen molar-refractivity contribution in [3.05, 3.63) is 12.3 Å². The quantitative estimate of drug-likeness (QED) is 0.547. The summed E-state index contributed by atoms with van der Waals surface area (Å²) in [6.07, 6.45) is 0. The SMILES string of the molecule is C=C1[C@H](C)N(C)CCN1C.CC. The van der Waals surface area contributed by atoms with E-state index in [2.05, 4.69) is 37.4 Å². The van der Waals surface area contributed by atoms with E-state index in [0.29, 0.717) is 6.04 Å². The van der Waals surface area contributed by atoms with Crippen LogP contribution in [-0.2, 0) is 0 Å². The Morgan fingerprint density at radius 3 is 2.17 bits per heavy atom. The van der Waals surface area contributed by atoms with E-state index in [1.807, 2.05) is 13.8 Å². The third kappa shape index (κ3) is 2.52. The number of likely N-dealkylation sites (N-methyl/N-ethyl adjacent to an activating group) is 2. The standard InChI is InChI=1S/C8H16N2.C2H6/c1-7-8(2)10(4)6-5-9(7)3;1-2/h8H,1,5-6H2,2-4H3;1-2H3/t8-;/m0./s1. The van der Waals surface area contributed by atoms with Crippen LogP contribution in [0.3, 0.4) is 0 Å². The molecule has 1 saturated heterocycles. The van der Waals surface area contributed by atoms with Crippen molar-refractivity contribution in [2.45, 2.75) is 26.8 Å². The Kier molecular flexibility index (Phi) is 4.98. The van der Waals surface area contributed by atoms with E-state index in [1.165, 1.54) is 5.70 Å². The van der Waals surface area contributed by atoms with Gasteiger partial charge in [0.1, 0.15) is 0 Å². The molecule has 0 bridgehead atoms. The van der Waals surface area contributed by atoms with Crippen LogP contribution in [0, 0.1) is 0 Å². The predicted molar refractivity (Wildman–Crippen MR) is 55.2 cm³/mol. The topological polar surface area (TPSA) is 6.48 Å². The molecule has 2 heteroatoms. The molecule has 0 unspecified atom stereocenters. The van der Waals surface area contributed by atoms with Crippen LogP contribution in [0.4, 0.5) is 0 Å². The lowest BCUT2D eigenvalue weighted by atomic mass is 10.1. The molecule has 1 fully saturated rings. The smallest absolute Gasteiger partial charge is 0.0460 e. The van der Waals surface area contributed by atoms with E-state index >= 15 is 0 Å². The van der Waals surface area contributed by atoms with Gasteiger partial charge in [-0.1, -0.05) is 20.4 Å². The normalized spacial score (nSPS) is 24.9. The van der Waals surface area contributed by atoms with Gasteiger partial charge in [0.25, 0.3) is 0 Å². The van der Waals surface area contributed by atoms with Gasteiger partial charge < -0.3 is 4.90 Å². The summed E-state index contributed by atoms with van der Waals surface area (Å²) in [5, 5.41) is 0. The van der Waals surface area contributed by atoms with Crippen LogP contribution in [0.1, 0.15) is 20.8 Å². The molecule has 2 nitrogen and oxygen atoms in total. The van der Waals surface area contributed by atoms with Crippen LogP contribution in [0.25, 0.3) is 0 Å². The van der Waals surface area contributed by atoms with Crippen molar-refractivity contribution < 1.29 is 0 Å². The van der Waals surface area contributed by atoms with Gasteiger partial charge in [0, 0.05) is 31.9 Å². The van der Waals surface area contributed by atoms with Gasteiger partial charge in [0.05, 0.1) is 0 Å². The van der Waals surface area contributed by atoms with Gasteiger partial charge in [-0.15, -0.1) is 0 Å². The van der Waals surface area contributed by atoms with Crippen molar-refractivity contribution in [2.75, 3.05) is 27.2 Å². The number of rotatable bonds is 0. The molecule has 72 valence electrons. The fourth-order valence-electron chi connectivity index (χ4n) is 1.22. The maximum Gasteiger partial charge on any atom is 0.0460 e. The fraction of sp³-hybridized carbons (Fsp3) is 0.800. The molecule has 0 amide bonds. The monoisotopic (exact) mass is 170 g/mol. The third-order valence-electron chi connectivity index (χ3n) is 2.42. The molecule has 0 aliphatic carbocycles. The second-order valence-electron chi connectivity index (χ2n) is 3.07. The lowest BCUT2D eigenvalue weighted by Gasteiger charge is -2.38. The van der Waals surface area contributed by atoms with Gasteiger partial charge >= 0.3 is 0 Å². The fourth-order valence-corrected chi connectivity index (χ4v) is 1.22. The highest BCUT2D eigenvalue weighted by atomic mass is 15.3. The minimum atomic E-state index is 0.513. The van der Waals surface area contributed by atoms with E-state index in [1.54, 1.807) is 0 Å². The molecule has 0 aromatic heterocycles. The molecule has 0 aromatic rings. The largest absolute Gasteiger partial charge is 0.376 e. The Morgan fingerprint density at radius 1 is 1.25 bits per heavy atom. The van der Waals surface area contributed by atoms with E-state index in [0.717, 1.165) is 13.1 Å². The van der Waals surface area contributed by atoms with Gasteiger partial charge in [-0.3, -0.25) is 4.90 Å². The highest BCUT2D eigenvalue weighted by molar-refractivity contribution is 5.05. The lowest BCUT2D eigenvalue weighted by molar-refractivity contribution is 0.175. The molecule has 0 N–H and O–H groups in total. The Bertz CT molecular complexity index is 143. The minimum Gasteiger partial charge on any atom is -0.376 e. The summed E-state index contributed by atoms with van der Waals surface area (Å²) >= 11 is 0. The second kappa shape index (κ2) is 5.20. The highest BCUT2D eigenvalue weighted by Gasteiger charge is 2.20. The molecule has 1 aliphatic heterocycles. The maximum absolute atomic E-state index is 4.01. The Labute approximate surface area is 76.9 Å². The van der Waals surface area contributed by atoms with Crippen molar-refractivity contribution in [3.63, 3.8) is 0 Å². The molecule has 12 heavy (non-hydrogen) atoms. The van der Waals surface area contributed by atoms with Crippen LogP contribution in [0.2, 0.25) is 0 Å². The minimum absolute atomic E-state index is 0.513. The number of piperazine rings is 1. The van der Waals surface area contributed by atoms with Gasteiger partial charge in [-0.05, 0) is 14.0 Å². The van der Waals surface area contributed by atoms with Crippen molar-refractivity contribution >= 4 is 0 Å². The first-order valence-corrected chi connectivity index (χ1v) is 4.73. The van der Waals surface area contributed by atoms with E-state index in [-0.39, 0.29) is 0 Å². The second-order valence-corrected chi connectivity index (χ2v) is 3.07. The summed E-state index contributed by atoms with van der Waals surface area (Å²) in [6, 6.07) is 0.513. The molecular weight excluding hydrogens is 148 g/mol. The van der Waals surface area contributed by atoms with Crippen LogP contribution in [0.5, 0.6) is 0 Å². The van der Waals surface area contributed by atoms with E-state index in [4.69, 9.17) is 0 Å². The molecule has 1 atom stereocenters. The first-order valence-electron chi connectivity index (χ1n) is 4.73. The molecular formula is C10H22N2. The van der Waals surface area contributed by atoms with Crippen molar-refractivity contribution in [3.8, 4) is 0 Å². The van der Waals surface area contributed by atoms with E-state index < -0.39 is 0 Å². The first-order chi connectivity index (χ1) is 5.63. The predicted octanol–water partition coefficient (Wildman–Crippen LogP) is 1.79. The average Bonchev–Trinajstić information content (AvgIpc) is 2.12. The summed E-state index contributed by atoms with van der Waals surface area (Å²) in [5.74, 6) is 0. The summed E-state index contributed by atoms with van der Waals surface area (Å²) in [5.41, 5.74) is 1.23. The Balaban J connectivity index is 0.000000561. The zero-order valence-electron chi connectivity index (χ0n) is 9.09. The number of hydrogen-bond donors (Lipinski definition) is 0. The van der Waals surface area contributed by atoms with Crippen LogP contribution >= 0.6 is 0 Å². The zero-order valence-corrected chi connectivity index (χ0v) is 9.09. The molecule has 0 aromatic carbocycles. The number of hydrogen-bond acceptors (Lipinski definition) is 2. The summed E-state index contributed by atoms with van der Waals surface area (Å²) in [4.78, 5) is 4.55. The molecule has 1 rings (SSSR count). The number of nitrogens with zero attached hydrogens (tertiary/aromatic N) is 2. The zero-order chi connectivity index (χ0) is 9.72. The molecule has 0 spiro atoms. The Morgan fingerprint density at radius 2 is 1.75 bits per heavy atom. The Hall–Kier alpha value is -0.500. The average molecular weight is 170 g/mol. The molecule has 0 radical (unpaired) electrons. The van der Waals surface area contributed by atoms with E-state index in [9.17, 15) is 0 Å². The molecule has 1 heterocycles. The van der Waals surface area contributed by atoms with Crippen molar-refractivity contribution in [1.29, 1.82) is 0 Å². The summed E-state index contributed by atoms with van der Waals surface area (Å²) in [7, 11) is 4.24. The van der Waals surface area contributed by atoms with Gasteiger partial charge in [0.15, 0.2) is 0 Å². The van der Waals surface area contributed by atoms with Crippen LogP contribution in [0.15, 0.2) is 12.3 Å². The molecule has 1 aliphatic rings.